The van der Waals surface area contributed by atoms with Crippen molar-refractivity contribution in [3.8, 4) is 0 Å². The summed E-state index contributed by atoms with van der Waals surface area (Å²) in [4.78, 5) is 22.1. The molecule has 0 bridgehead atoms. The molecule has 104 valence electrons. The quantitative estimate of drug-likeness (QED) is 0.268. The normalized spacial score (nSPS) is 10.8. The molecule has 1 amide bonds. The van der Waals surface area contributed by atoms with E-state index in [2.05, 4.69) is 4.74 Å². The summed E-state index contributed by atoms with van der Waals surface area (Å²) < 4.78 is 30.2. The molecule has 4 N–H and O–H groups in total. The van der Waals surface area contributed by atoms with Crippen LogP contribution in [0.1, 0.15) is 10.4 Å². The average Bonchev–Trinajstić information content (AvgIpc) is 2.43. The molecular weight excluding hydrogens is 274 g/mol. The maximum atomic E-state index is 12.0. The lowest BCUT2D eigenvalue weighted by molar-refractivity contribution is -0.139. The van der Waals surface area contributed by atoms with Crippen molar-refractivity contribution in [2.24, 2.45) is 5.84 Å². The van der Waals surface area contributed by atoms with Gasteiger partial charge in [-0.2, -0.15) is 4.72 Å². The number of rotatable bonds is 5. The number of hydrogen-bond acceptors (Lipinski definition) is 6. The number of nitrogen functional groups attached to an aromatic ring is 1. The predicted molar refractivity (Wildman–Crippen MR) is 65.3 cm³/mol. The van der Waals surface area contributed by atoms with Crippen molar-refractivity contribution in [1.29, 1.82) is 0 Å². The maximum Gasteiger partial charge on any atom is 0.320 e. The van der Waals surface area contributed by atoms with Crippen LogP contribution in [0.3, 0.4) is 0 Å². The first-order valence-corrected chi connectivity index (χ1v) is 6.57. The number of carbonyl (C=O) groups is 2. The SMILES string of the molecule is COC(=O)CNS(=O)(=O)c1ccccc1C(=O)NN. The number of ether oxygens (including phenoxy) is 1. The highest BCUT2D eigenvalue weighted by molar-refractivity contribution is 7.89. The van der Waals surface area contributed by atoms with Crippen molar-refractivity contribution in [2.45, 2.75) is 4.90 Å². The number of hydrazine groups is 1. The van der Waals surface area contributed by atoms with Crippen LogP contribution in [0.4, 0.5) is 0 Å². The second-order valence-electron chi connectivity index (χ2n) is 3.37. The molecule has 9 heteroatoms. The zero-order valence-electron chi connectivity index (χ0n) is 10.0. The van der Waals surface area contributed by atoms with E-state index in [-0.39, 0.29) is 10.5 Å². The first kappa shape index (κ1) is 15.1. The Hall–Kier alpha value is -1.97. The standard InChI is InChI=1S/C10H13N3O5S/c1-18-9(14)6-12-19(16,17)8-5-3-2-4-7(8)10(15)13-11/h2-5,12H,6,11H2,1H3,(H,13,15). The van der Waals surface area contributed by atoms with E-state index >= 15 is 0 Å². The van der Waals surface area contributed by atoms with Gasteiger partial charge in [0.1, 0.15) is 6.54 Å². The number of amides is 1. The van der Waals surface area contributed by atoms with Crippen LogP contribution in [0.5, 0.6) is 0 Å². The predicted octanol–water partition coefficient (Wildman–Crippen LogP) is -1.26. The van der Waals surface area contributed by atoms with E-state index in [4.69, 9.17) is 5.84 Å². The minimum absolute atomic E-state index is 0.123. The van der Waals surface area contributed by atoms with E-state index in [1.807, 2.05) is 10.1 Å². The van der Waals surface area contributed by atoms with E-state index in [9.17, 15) is 18.0 Å². The molecule has 0 atom stereocenters. The number of nitrogens with two attached hydrogens (primary N) is 1. The summed E-state index contributed by atoms with van der Waals surface area (Å²) in [6, 6.07) is 5.46. The number of methoxy groups -OCH3 is 1. The Bertz CT molecular complexity index is 585. The van der Waals surface area contributed by atoms with Crippen molar-refractivity contribution in [3.05, 3.63) is 29.8 Å². The summed E-state index contributed by atoms with van der Waals surface area (Å²) in [5, 5.41) is 0. The van der Waals surface area contributed by atoms with E-state index in [1.54, 1.807) is 0 Å². The number of hydrogen-bond donors (Lipinski definition) is 3. The molecule has 1 rings (SSSR count). The van der Waals surface area contributed by atoms with E-state index in [0.29, 0.717) is 0 Å². The molecule has 0 spiro atoms. The number of benzene rings is 1. The van der Waals surface area contributed by atoms with Crippen LogP contribution in [-0.2, 0) is 19.6 Å². The van der Waals surface area contributed by atoms with Crippen LogP contribution >= 0.6 is 0 Å². The Morgan fingerprint density at radius 1 is 1.32 bits per heavy atom. The minimum Gasteiger partial charge on any atom is -0.468 e. The molecule has 1 aromatic rings. The van der Waals surface area contributed by atoms with Crippen LogP contribution in [0, 0.1) is 0 Å². The fourth-order valence-electron chi connectivity index (χ4n) is 1.27. The average molecular weight is 287 g/mol. The topological polar surface area (TPSA) is 128 Å². The third-order valence-corrected chi connectivity index (χ3v) is 3.65. The minimum atomic E-state index is -4.02. The summed E-state index contributed by atoms with van der Waals surface area (Å²) in [7, 11) is -2.89. The van der Waals surface area contributed by atoms with Crippen LogP contribution in [-0.4, -0.2) is 33.9 Å². The number of carbonyl (C=O) groups excluding carboxylic acids is 2. The van der Waals surface area contributed by atoms with Crippen molar-refractivity contribution in [3.63, 3.8) is 0 Å². The highest BCUT2D eigenvalue weighted by Gasteiger charge is 2.22. The van der Waals surface area contributed by atoms with Gasteiger partial charge in [-0.3, -0.25) is 15.0 Å². The third-order valence-electron chi connectivity index (χ3n) is 2.19. The second kappa shape index (κ2) is 6.27. The lowest BCUT2D eigenvalue weighted by Gasteiger charge is -2.09. The molecule has 1 aromatic carbocycles. The van der Waals surface area contributed by atoms with Gasteiger partial charge in [0.15, 0.2) is 0 Å². The lowest BCUT2D eigenvalue weighted by Crippen LogP contribution is -2.34. The van der Waals surface area contributed by atoms with E-state index in [0.717, 1.165) is 7.11 Å². The highest BCUT2D eigenvalue weighted by Crippen LogP contribution is 2.14. The zero-order valence-corrected chi connectivity index (χ0v) is 10.9. The molecular formula is C10H13N3O5S. The van der Waals surface area contributed by atoms with Crippen LogP contribution in [0.25, 0.3) is 0 Å². The summed E-state index contributed by atoms with van der Waals surface area (Å²) in [5.74, 6) is 3.47. The maximum absolute atomic E-state index is 12.0. The van der Waals surface area contributed by atoms with Crippen molar-refractivity contribution in [2.75, 3.05) is 13.7 Å². The van der Waals surface area contributed by atoms with Gasteiger partial charge in [-0.15, -0.1) is 0 Å². The van der Waals surface area contributed by atoms with Gasteiger partial charge in [0.25, 0.3) is 5.91 Å². The molecule has 0 radical (unpaired) electrons. The number of esters is 1. The largest absolute Gasteiger partial charge is 0.468 e. The number of sulfonamides is 1. The molecule has 0 aliphatic rings. The van der Waals surface area contributed by atoms with Crippen LogP contribution in [0.15, 0.2) is 29.2 Å². The summed E-state index contributed by atoms with van der Waals surface area (Å²) in [5.41, 5.74) is 1.72. The first-order chi connectivity index (χ1) is 8.92. The van der Waals surface area contributed by atoms with E-state index in [1.165, 1.54) is 24.3 Å². The van der Waals surface area contributed by atoms with Gasteiger partial charge in [-0.05, 0) is 12.1 Å². The Kier molecular flexibility index (Phi) is 4.98. The summed E-state index contributed by atoms with van der Waals surface area (Å²) in [6.45, 7) is -0.530. The van der Waals surface area contributed by atoms with Crippen molar-refractivity contribution in [1.82, 2.24) is 10.1 Å². The molecule has 0 saturated carbocycles. The van der Waals surface area contributed by atoms with Crippen molar-refractivity contribution < 1.29 is 22.7 Å². The zero-order chi connectivity index (χ0) is 14.5. The van der Waals surface area contributed by atoms with Gasteiger partial charge in [0.05, 0.1) is 17.6 Å². The van der Waals surface area contributed by atoms with Gasteiger partial charge in [0, 0.05) is 0 Å². The Balaban J connectivity index is 3.08. The van der Waals surface area contributed by atoms with Gasteiger partial charge in [-0.1, -0.05) is 12.1 Å². The molecule has 0 aliphatic carbocycles. The Morgan fingerprint density at radius 2 is 1.95 bits per heavy atom. The molecule has 0 aromatic heterocycles. The molecule has 8 nitrogen and oxygen atoms in total. The highest BCUT2D eigenvalue weighted by atomic mass is 32.2. The Morgan fingerprint density at radius 3 is 2.53 bits per heavy atom. The lowest BCUT2D eigenvalue weighted by atomic mass is 10.2. The van der Waals surface area contributed by atoms with Gasteiger partial charge in [0.2, 0.25) is 10.0 Å². The summed E-state index contributed by atoms with van der Waals surface area (Å²) in [6.07, 6.45) is 0. The van der Waals surface area contributed by atoms with Crippen molar-refractivity contribution >= 4 is 21.9 Å². The molecule has 0 unspecified atom stereocenters. The molecule has 19 heavy (non-hydrogen) atoms. The fraction of sp³-hybridized carbons (Fsp3) is 0.200. The van der Waals surface area contributed by atoms with E-state index < -0.39 is 28.4 Å². The fourth-order valence-corrected chi connectivity index (χ4v) is 2.44. The smallest absolute Gasteiger partial charge is 0.320 e. The van der Waals surface area contributed by atoms with Gasteiger partial charge >= 0.3 is 5.97 Å². The van der Waals surface area contributed by atoms with Gasteiger partial charge < -0.3 is 4.74 Å². The van der Waals surface area contributed by atoms with Crippen LogP contribution in [0.2, 0.25) is 0 Å². The number of nitrogens with one attached hydrogen (secondary N) is 2. The van der Waals surface area contributed by atoms with Crippen LogP contribution < -0.4 is 16.0 Å². The molecule has 0 heterocycles. The van der Waals surface area contributed by atoms with Gasteiger partial charge in [-0.25, -0.2) is 14.3 Å². The molecule has 0 fully saturated rings. The third kappa shape index (κ3) is 3.74. The molecule has 0 aliphatic heterocycles. The Labute approximate surface area is 109 Å². The second-order valence-corrected chi connectivity index (χ2v) is 5.11. The molecule has 0 saturated heterocycles. The summed E-state index contributed by atoms with van der Waals surface area (Å²) >= 11 is 0. The monoisotopic (exact) mass is 287 g/mol. The first-order valence-electron chi connectivity index (χ1n) is 5.09.